The Labute approximate surface area is 171 Å². The molecule has 154 valence electrons. The molecule has 26 heavy (non-hydrogen) atoms. The third kappa shape index (κ3) is 6.83. The number of nitrogens with zero attached hydrogens (tertiary/aromatic N) is 1. The van der Waals surface area contributed by atoms with E-state index in [9.17, 15) is 4.79 Å². The van der Waals surface area contributed by atoms with Crippen LogP contribution in [0.5, 0.6) is 0 Å². The van der Waals surface area contributed by atoms with Gasteiger partial charge in [0, 0.05) is 25.7 Å². The molecule has 5 unspecified atom stereocenters. The molecule has 5 atom stereocenters. The second kappa shape index (κ2) is 11.7. The summed E-state index contributed by atoms with van der Waals surface area (Å²) in [6, 6.07) is 0.652. The Balaban J connectivity index is 0.00000169. The van der Waals surface area contributed by atoms with Gasteiger partial charge in [-0.15, -0.1) is 24.8 Å². The number of amides is 1. The summed E-state index contributed by atoms with van der Waals surface area (Å²) < 4.78 is 5.77. The summed E-state index contributed by atoms with van der Waals surface area (Å²) in [5, 5.41) is 6.71. The van der Waals surface area contributed by atoms with E-state index in [0.29, 0.717) is 18.2 Å². The molecule has 0 aromatic rings. The number of carbonyl (C=O) groups excluding carboxylic acids is 1. The molecule has 1 saturated carbocycles. The monoisotopic (exact) mass is 409 g/mol. The number of unbranched alkanes of at least 4 members (excludes halogenated alkanes) is 1. The van der Waals surface area contributed by atoms with Crippen molar-refractivity contribution >= 4 is 30.7 Å². The zero-order valence-corrected chi connectivity index (χ0v) is 17.9. The lowest BCUT2D eigenvalue weighted by atomic mass is 9.85. The molecule has 0 spiro atoms. The first kappa shape index (κ1) is 24.0. The maximum Gasteiger partial charge on any atom is 0.237 e. The topological polar surface area (TPSA) is 53.6 Å². The van der Waals surface area contributed by atoms with E-state index >= 15 is 0 Å². The molecule has 5 nitrogen and oxygen atoms in total. The number of fused-ring (bicyclic) bond motifs is 1. The van der Waals surface area contributed by atoms with E-state index in [0.717, 1.165) is 51.4 Å². The van der Waals surface area contributed by atoms with Gasteiger partial charge in [-0.05, 0) is 58.4 Å². The van der Waals surface area contributed by atoms with Crippen LogP contribution in [0.3, 0.4) is 0 Å². The van der Waals surface area contributed by atoms with Gasteiger partial charge in [0.15, 0.2) is 0 Å². The van der Waals surface area contributed by atoms with E-state index in [2.05, 4.69) is 29.4 Å². The number of nitrogens with one attached hydrogen (secondary N) is 2. The highest BCUT2D eigenvalue weighted by molar-refractivity contribution is 5.85. The lowest BCUT2D eigenvalue weighted by Gasteiger charge is -2.35. The van der Waals surface area contributed by atoms with Gasteiger partial charge in [-0.25, -0.2) is 0 Å². The van der Waals surface area contributed by atoms with Crippen LogP contribution in [0.15, 0.2) is 0 Å². The van der Waals surface area contributed by atoms with Gasteiger partial charge >= 0.3 is 0 Å². The number of rotatable bonds is 6. The van der Waals surface area contributed by atoms with Crippen molar-refractivity contribution in [2.45, 2.75) is 83.1 Å². The highest BCUT2D eigenvalue weighted by atomic mass is 35.5. The number of halogens is 2. The fourth-order valence-electron chi connectivity index (χ4n) is 4.78. The zero-order chi connectivity index (χ0) is 16.9. The first-order chi connectivity index (χ1) is 11.6. The predicted molar refractivity (Wildman–Crippen MR) is 110 cm³/mol. The van der Waals surface area contributed by atoms with Crippen LogP contribution in [0.2, 0.25) is 0 Å². The second-order valence-electron chi connectivity index (χ2n) is 8.12. The molecule has 2 saturated heterocycles. The summed E-state index contributed by atoms with van der Waals surface area (Å²) in [5.41, 5.74) is 0. The maximum absolute atomic E-state index is 12.3. The van der Waals surface area contributed by atoms with Gasteiger partial charge in [0.1, 0.15) is 0 Å². The van der Waals surface area contributed by atoms with Crippen LogP contribution < -0.4 is 10.6 Å². The summed E-state index contributed by atoms with van der Waals surface area (Å²) in [6.07, 6.45) is 9.14. The highest BCUT2D eigenvalue weighted by Crippen LogP contribution is 2.33. The molecule has 2 heterocycles. The summed E-state index contributed by atoms with van der Waals surface area (Å²) >= 11 is 0. The van der Waals surface area contributed by atoms with Gasteiger partial charge in [0.05, 0.1) is 18.2 Å². The molecule has 3 aliphatic rings. The summed E-state index contributed by atoms with van der Waals surface area (Å²) in [4.78, 5) is 14.8. The lowest BCUT2D eigenvalue weighted by molar-refractivity contribution is -0.122. The molecule has 0 aromatic carbocycles. The average Bonchev–Trinajstić information content (AvgIpc) is 2.97. The van der Waals surface area contributed by atoms with Gasteiger partial charge in [0.25, 0.3) is 0 Å². The van der Waals surface area contributed by atoms with E-state index in [1.165, 1.54) is 25.7 Å². The molecule has 7 heteroatoms. The van der Waals surface area contributed by atoms with Crippen LogP contribution in [0, 0.1) is 5.92 Å². The van der Waals surface area contributed by atoms with Gasteiger partial charge in [0.2, 0.25) is 5.91 Å². The Hall–Kier alpha value is -0.0700. The Bertz CT molecular complexity index is 404. The van der Waals surface area contributed by atoms with Crippen molar-refractivity contribution < 1.29 is 9.53 Å². The van der Waals surface area contributed by atoms with Crippen LogP contribution in [0.4, 0.5) is 0 Å². The summed E-state index contributed by atoms with van der Waals surface area (Å²) in [5.74, 6) is 0.956. The second-order valence-corrected chi connectivity index (χ2v) is 8.12. The van der Waals surface area contributed by atoms with Crippen LogP contribution in [0.25, 0.3) is 0 Å². The number of hydrogen-bond donors (Lipinski definition) is 2. The molecule has 0 bridgehead atoms. The van der Waals surface area contributed by atoms with Crippen molar-refractivity contribution in [3.05, 3.63) is 0 Å². The van der Waals surface area contributed by atoms with Gasteiger partial charge in [-0.1, -0.05) is 12.8 Å². The number of morpholine rings is 1. The normalized spacial score (nSPS) is 34.3. The Kier molecular flexibility index (Phi) is 10.8. The smallest absolute Gasteiger partial charge is 0.237 e. The van der Waals surface area contributed by atoms with Crippen molar-refractivity contribution in [1.82, 2.24) is 15.5 Å². The zero-order valence-electron chi connectivity index (χ0n) is 16.2. The number of carbonyl (C=O) groups is 1. The Morgan fingerprint density at radius 2 is 1.81 bits per heavy atom. The van der Waals surface area contributed by atoms with Crippen LogP contribution in [-0.2, 0) is 9.53 Å². The molecule has 3 fully saturated rings. The highest BCUT2D eigenvalue weighted by Gasteiger charge is 2.37. The van der Waals surface area contributed by atoms with Crippen LogP contribution in [-0.4, -0.2) is 61.3 Å². The third-order valence-electron chi connectivity index (χ3n) is 5.87. The van der Waals surface area contributed by atoms with Crippen LogP contribution >= 0.6 is 24.8 Å². The molecule has 3 rings (SSSR count). The fraction of sp³-hybridized carbons (Fsp3) is 0.947. The minimum atomic E-state index is 0. The summed E-state index contributed by atoms with van der Waals surface area (Å²) in [6.45, 7) is 8.28. The minimum absolute atomic E-state index is 0. The SMILES string of the molecule is CC1CN(CCCCNC(=O)C2CC3CCCCC3N2)CC(C)O1.Cl.Cl. The molecule has 1 aliphatic carbocycles. The molecule has 0 aromatic heterocycles. The maximum atomic E-state index is 12.3. The first-order valence-electron chi connectivity index (χ1n) is 10.0. The third-order valence-corrected chi connectivity index (χ3v) is 5.87. The molecule has 1 amide bonds. The minimum Gasteiger partial charge on any atom is -0.373 e. The average molecular weight is 410 g/mol. The van der Waals surface area contributed by atoms with E-state index in [4.69, 9.17) is 4.74 Å². The van der Waals surface area contributed by atoms with Gasteiger partial charge < -0.3 is 15.4 Å². The standard InChI is InChI=1S/C19H35N3O2.2ClH/c1-14-12-22(13-15(2)24-14)10-6-5-9-20-19(23)18-11-16-7-3-4-8-17(16)21-18;;/h14-18,21H,3-13H2,1-2H3,(H,20,23);2*1H. The molecular weight excluding hydrogens is 373 g/mol. The molecular formula is C19H37Cl2N3O2. The quantitative estimate of drug-likeness (QED) is 0.662. The predicted octanol–water partition coefficient (Wildman–Crippen LogP) is 2.76. The van der Waals surface area contributed by atoms with Crippen molar-refractivity contribution in [2.75, 3.05) is 26.2 Å². The van der Waals surface area contributed by atoms with E-state index < -0.39 is 0 Å². The van der Waals surface area contributed by atoms with Crippen molar-refractivity contribution in [3.63, 3.8) is 0 Å². The van der Waals surface area contributed by atoms with Crippen LogP contribution in [0.1, 0.15) is 58.8 Å². The molecule has 0 radical (unpaired) electrons. The van der Waals surface area contributed by atoms with E-state index in [1.807, 2.05) is 0 Å². The van der Waals surface area contributed by atoms with E-state index in [1.54, 1.807) is 0 Å². The first-order valence-corrected chi connectivity index (χ1v) is 10.0. The van der Waals surface area contributed by atoms with Crippen molar-refractivity contribution in [1.29, 1.82) is 0 Å². The van der Waals surface area contributed by atoms with Gasteiger partial charge in [-0.2, -0.15) is 0 Å². The molecule has 2 N–H and O–H groups in total. The van der Waals surface area contributed by atoms with E-state index in [-0.39, 0.29) is 36.8 Å². The Morgan fingerprint density at radius 3 is 2.50 bits per heavy atom. The fourth-order valence-corrected chi connectivity index (χ4v) is 4.78. The largest absolute Gasteiger partial charge is 0.373 e. The summed E-state index contributed by atoms with van der Waals surface area (Å²) in [7, 11) is 0. The number of hydrogen-bond acceptors (Lipinski definition) is 4. The molecule has 2 aliphatic heterocycles. The van der Waals surface area contributed by atoms with Crippen molar-refractivity contribution in [3.8, 4) is 0 Å². The van der Waals surface area contributed by atoms with Crippen molar-refractivity contribution in [2.24, 2.45) is 5.92 Å². The Morgan fingerprint density at radius 1 is 1.12 bits per heavy atom. The number of ether oxygens (including phenoxy) is 1. The van der Waals surface area contributed by atoms with Gasteiger partial charge in [-0.3, -0.25) is 9.69 Å². The lowest BCUT2D eigenvalue weighted by Crippen LogP contribution is -2.46.